The van der Waals surface area contributed by atoms with Crippen LogP contribution in [0.3, 0.4) is 0 Å². The van der Waals surface area contributed by atoms with Gasteiger partial charge in [-0.25, -0.2) is 0 Å². The van der Waals surface area contributed by atoms with E-state index in [2.05, 4.69) is 64.6 Å². The Labute approximate surface area is 236 Å². The summed E-state index contributed by atoms with van der Waals surface area (Å²) in [6, 6.07) is 39.0. The minimum absolute atomic E-state index is 0. The van der Waals surface area contributed by atoms with E-state index in [1.807, 2.05) is 80.8 Å². The number of nitrogens with zero attached hydrogens (tertiary/aromatic N) is 2. The molecule has 1 aliphatic rings. The molecule has 4 heteroatoms. The number of hydrogen-bond acceptors (Lipinski definition) is 3. The van der Waals surface area contributed by atoms with Crippen LogP contribution in [0.4, 0.5) is 0 Å². The third kappa shape index (κ3) is 5.02. The Hall–Kier alpha value is -4.11. The van der Waals surface area contributed by atoms with Gasteiger partial charge in [0.05, 0.1) is 5.75 Å². The van der Waals surface area contributed by atoms with E-state index in [9.17, 15) is 0 Å². The van der Waals surface area contributed by atoms with Gasteiger partial charge in [0, 0.05) is 37.9 Å². The first-order valence-corrected chi connectivity index (χ1v) is 12.2. The van der Waals surface area contributed by atoms with Gasteiger partial charge in [0.25, 0.3) is 0 Å². The molecule has 0 fully saturated rings. The summed E-state index contributed by atoms with van der Waals surface area (Å²) in [5.74, 6) is 1.73. The van der Waals surface area contributed by atoms with Crippen molar-refractivity contribution in [3.63, 3.8) is 0 Å². The number of pyridine rings is 2. The van der Waals surface area contributed by atoms with Crippen molar-refractivity contribution in [2.45, 2.75) is 13.8 Å². The molecule has 0 amide bonds. The molecule has 2 aromatic heterocycles. The number of rotatable bonds is 2. The molecule has 1 aliphatic heterocycles. The van der Waals surface area contributed by atoms with E-state index in [-0.39, 0.29) is 20.1 Å². The molecule has 0 N–H and O–H groups in total. The zero-order valence-electron chi connectivity index (χ0n) is 21.0. The van der Waals surface area contributed by atoms with Gasteiger partial charge in [-0.2, -0.15) is 0 Å². The second-order valence-electron chi connectivity index (χ2n) is 9.08. The summed E-state index contributed by atoms with van der Waals surface area (Å²) in [6.45, 7) is 4.07. The molecule has 1 radical (unpaired) electrons. The zero-order chi connectivity index (χ0) is 25.2. The van der Waals surface area contributed by atoms with E-state index in [4.69, 9.17) is 4.74 Å². The molecule has 3 nitrogen and oxygen atoms in total. The molecule has 0 spiro atoms. The van der Waals surface area contributed by atoms with Crippen LogP contribution in [0.25, 0.3) is 44.4 Å². The Balaban J connectivity index is 0.000000179. The third-order valence-electron chi connectivity index (χ3n) is 6.38. The summed E-state index contributed by atoms with van der Waals surface area (Å²) in [5, 5.41) is 2.36. The van der Waals surface area contributed by atoms with Crippen LogP contribution in [0.15, 0.2) is 109 Å². The van der Waals surface area contributed by atoms with Crippen molar-refractivity contribution in [1.82, 2.24) is 9.97 Å². The standard InChI is InChI=1S/C22H14NO.C12H10N.Ir/c1-14-11-12-19(23-13-14)18-9-4-8-17-16-7-2-5-15-6-3-10-20(21(15)16)24-22(17)18;1-10-7-8-12(13-9-10)11-5-3-2-4-6-11;/h2-8,10-13H,1H3;2-5,7-9H,1H3;/q2*-1;. The predicted octanol–water partition coefficient (Wildman–Crippen LogP) is 8.64. The molecule has 0 unspecified atom stereocenters. The Morgan fingerprint density at radius 1 is 0.632 bits per heavy atom. The normalized spacial score (nSPS) is 10.9. The molecule has 187 valence electrons. The predicted molar refractivity (Wildman–Crippen MR) is 150 cm³/mol. The quantitative estimate of drug-likeness (QED) is 0.173. The second-order valence-corrected chi connectivity index (χ2v) is 9.08. The molecule has 4 aromatic carbocycles. The van der Waals surface area contributed by atoms with E-state index in [1.165, 1.54) is 21.9 Å². The zero-order valence-corrected chi connectivity index (χ0v) is 23.4. The number of benzene rings is 4. The van der Waals surface area contributed by atoms with Gasteiger partial charge >= 0.3 is 0 Å². The maximum atomic E-state index is 6.29. The Morgan fingerprint density at radius 2 is 1.37 bits per heavy atom. The first-order valence-electron chi connectivity index (χ1n) is 12.2. The van der Waals surface area contributed by atoms with Gasteiger partial charge < -0.3 is 14.7 Å². The summed E-state index contributed by atoms with van der Waals surface area (Å²) < 4.78 is 6.29. The minimum Gasteiger partial charge on any atom is -0.501 e. The molecule has 0 atom stereocenters. The van der Waals surface area contributed by atoms with Crippen LogP contribution >= 0.6 is 0 Å². The molecular formula is C34H24IrN2O-2. The first-order chi connectivity index (χ1) is 18.2. The van der Waals surface area contributed by atoms with Gasteiger partial charge in [-0.15, -0.1) is 54.1 Å². The molecule has 0 saturated heterocycles. The number of aromatic nitrogens is 2. The van der Waals surface area contributed by atoms with Crippen LogP contribution in [0, 0.1) is 26.0 Å². The Kier molecular flexibility index (Phi) is 7.46. The average Bonchev–Trinajstić information content (AvgIpc) is 2.95. The molecule has 38 heavy (non-hydrogen) atoms. The van der Waals surface area contributed by atoms with E-state index in [0.29, 0.717) is 0 Å². The van der Waals surface area contributed by atoms with Crippen molar-refractivity contribution >= 4 is 10.8 Å². The molecule has 0 bridgehead atoms. The van der Waals surface area contributed by atoms with Crippen molar-refractivity contribution < 1.29 is 24.8 Å². The molecule has 0 aliphatic carbocycles. The van der Waals surface area contributed by atoms with Crippen LogP contribution in [-0.4, -0.2) is 9.97 Å². The number of ether oxygens (including phenoxy) is 1. The molecule has 7 rings (SSSR count). The van der Waals surface area contributed by atoms with Crippen LogP contribution in [0.1, 0.15) is 11.1 Å². The second kappa shape index (κ2) is 11.1. The van der Waals surface area contributed by atoms with Crippen LogP contribution < -0.4 is 4.74 Å². The fourth-order valence-electron chi connectivity index (χ4n) is 4.51. The average molecular weight is 669 g/mol. The molecular weight excluding hydrogens is 645 g/mol. The largest absolute Gasteiger partial charge is 0.501 e. The smallest absolute Gasteiger partial charge is 0.122 e. The van der Waals surface area contributed by atoms with Crippen LogP contribution in [0.2, 0.25) is 0 Å². The summed E-state index contributed by atoms with van der Waals surface area (Å²) in [7, 11) is 0. The van der Waals surface area contributed by atoms with Gasteiger partial charge in [0.2, 0.25) is 0 Å². The summed E-state index contributed by atoms with van der Waals surface area (Å²) in [4.78, 5) is 8.87. The van der Waals surface area contributed by atoms with Crippen molar-refractivity contribution in [3.8, 4) is 45.1 Å². The maximum Gasteiger partial charge on any atom is 0.122 e. The SMILES string of the molecule is Cc1ccc(-c2[c-]ccc3c2Oc2cccc4cccc-3c24)nc1.Cc1ccc(-c2[c-]cccc2)nc1.[Ir]. The van der Waals surface area contributed by atoms with E-state index >= 15 is 0 Å². The summed E-state index contributed by atoms with van der Waals surface area (Å²) >= 11 is 0. The third-order valence-corrected chi connectivity index (χ3v) is 6.38. The van der Waals surface area contributed by atoms with Crippen LogP contribution in [-0.2, 0) is 20.1 Å². The topological polar surface area (TPSA) is 35.0 Å². The number of aryl methyl sites for hydroxylation is 2. The molecule has 6 aromatic rings. The van der Waals surface area contributed by atoms with Crippen molar-refractivity contribution in [2.75, 3.05) is 0 Å². The van der Waals surface area contributed by atoms with Gasteiger partial charge in [-0.1, -0.05) is 65.7 Å². The monoisotopic (exact) mass is 669 g/mol. The Morgan fingerprint density at radius 3 is 2.05 bits per heavy atom. The van der Waals surface area contributed by atoms with Gasteiger partial charge in [-0.3, -0.25) is 0 Å². The van der Waals surface area contributed by atoms with E-state index < -0.39 is 0 Å². The van der Waals surface area contributed by atoms with Crippen molar-refractivity contribution in [2.24, 2.45) is 0 Å². The molecule has 3 heterocycles. The fourth-order valence-corrected chi connectivity index (χ4v) is 4.51. The van der Waals surface area contributed by atoms with E-state index in [0.717, 1.165) is 45.1 Å². The molecule has 0 saturated carbocycles. The number of fused-ring (bicyclic) bond motifs is 2. The maximum absolute atomic E-state index is 6.29. The van der Waals surface area contributed by atoms with Gasteiger partial charge in [0.15, 0.2) is 0 Å². The first kappa shape index (κ1) is 25.5. The fraction of sp³-hybridized carbons (Fsp3) is 0.0588. The number of hydrogen-bond donors (Lipinski definition) is 0. The minimum atomic E-state index is 0. The van der Waals surface area contributed by atoms with Crippen LogP contribution in [0.5, 0.6) is 11.5 Å². The van der Waals surface area contributed by atoms with Gasteiger partial charge in [0.1, 0.15) is 5.75 Å². The summed E-state index contributed by atoms with van der Waals surface area (Å²) in [5.41, 5.74) is 8.41. The Bertz CT molecular complexity index is 1690. The summed E-state index contributed by atoms with van der Waals surface area (Å²) in [6.07, 6.45) is 3.75. The van der Waals surface area contributed by atoms with Crippen molar-refractivity contribution in [1.29, 1.82) is 0 Å². The van der Waals surface area contributed by atoms with Gasteiger partial charge in [-0.05, 0) is 53.4 Å². The van der Waals surface area contributed by atoms with Crippen molar-refractivity contribution in [3.05, 3.63) is 133 Å². The van der Waals surface area contributed by atoms with E-state index in [1.54, 1.807) is 0 Å².